The standard InChI is InChI=1S/C17H15N3O5S.C17H17N3O3S.2C2H6/c1-12-6-8-13(9-7-12)26(23,24)25-11-19-17-14-4-2-3-5-15(14)18-10-16(17)20(21)22;1-12-6-8-13(9-7-12)24(21,22)23-11-20-17-14-4-2-3-5-16(14)19-10-15(17)18;2*1-2/h2-10H,11H2,1H3,(H,18,19);2-10H,11,18H2,1H3,(H,19,20);2*1-2H3. The summed E-state index contributed by atoms with van der Waals surface area (Å²) in [6.45, 7) is 11.0. The number of nitro groups is 1. The van der Waals surface area contributed by atoms with Crippen molar-refractivity contribution in [3.8, 4) is 0 Å². The van der Waals surface area contributed by atoms with Gasteiger partial charge in [-0.2, -0.15) is 16.8 Å². The van der Waals surface area contributed by atoms with Crippen LogP contribution in [0.5, 0.6) is 0 Å². The van der Waals surface area contributed by atoms with E-state index >= 15 is 0 Å². The Hall–Kier alpha value is -5.68. The van der Waals surface area contributed by atoms with Gasteiger partial charge in [-0.05, 0) is 50.2 Å². The molecule has 0 radical (unpaired) electrons. The summed E-state index contributed by atoms with van der Waals surface area (Å²) < 4.78 is 58.8. The number of aryl methyl sites for hydroxylation is 2. The van der Waals surface area contributed by atoms with Gasteiger partial charge in [-0.15, -0.1) is 0 Å². The number of nitrogens with zero attached hydrogens (tertiary/aromatic N) is 3. The minimum atomic E-state index is -3.98. The van der Waals surface area contributed by atoms with Crippen molar-refractivity contribution in [2.45, 2.75) is 51.3 Å². The molecule has 54 heavy (non-hydrogen) atoms. The highest BCUT2D eigenvalue weighted by molar-refractivity contribution is 7.87. The summed E-state index contributed by atoms with van der Waals surface area (Å²) in [6.07, 6.45) is 2.65. The molecule has 0 atom stereocenters. The molecule has 0 amide bonds. The van der Waals surface area contributed by atoms with Crippen molar-refractivity contribution in [2.75, 3.05) is 29.8 Å². The zero-order valence-electron chi connectivity index (χ0n) is 30.8. The van der Waals surface area contributed by atoms with E-state index in [4.69, 9.17) is 14.1 Å². The van der Waals surface area contributed by atoms with Gasteiger partial charge in [0.2, 0.25) is 0 Å². The predicted molar refractivity (Wildman–Crippen MR) is 213 cm³/mol. The molecule has 2 aromatic heterocycles. The maximum Gasteiger partial charge on any atom is 0.311 e. The normalized spacial score (nSPS) is 10.9. The number of hydrogen-bond donors (Lipinski definition) is 3. The van der Waals surface area contributed by atoms with Crippen molar-refractivity contribution in [2.24, 2.45) is 0 Å². The molecule has 6 aromatic rings. The minimum Gasteiger partial charge on any atom is -0.396 e. The van der Waals surface area contributed by atoms with Gasteiger partial charge in [0.05, 0.1) is 43.3 Å². The lowest BCUT2D eigenvalue weighted by Crippen LogP contribution is -2.14. The Morgan fingerprint density at radius 2 is 1.02 bits per heavy atom. The number of para-hydroxylation sites is 2. The van der Waals surface area contributed by atoms with Crippen LogP contribution >= 0.6 is 0 Å². The van der Waals surface area contributed by atoms with Crippen LogP contribution in [0.4, 0.5) is 22.7 Å². The van der Waals surface area contributed by atoms with Gasteiger partial charge >= 0.3 is 5.69 Å². The van der Waals surface area contributed by atoms with Crippen LogP contribution in [0.1, 0.15) is 38.8 Å². The summed E-state index contributed by atoms with van der Waals surface area (Å²) in [7, 11) is -7.81. The third-order valence-corrected chi connectivity index (χ3v) is 9.86. The first-order chi connectivity index (χ1) is 25.9. The summed E-state index contributed by atoms with van der Waals surface area (Å²) in [5, 5.41) is 18.2. The molecular formula is C38H44N6O8S2. The zero-order valence-corrected chi connectivity index (χ0v) is 32.4. The number of nitrogens with two attached hydrogens (primary N) is 1. The number of fused-ring (bicyclic) bond motifs is 2. The van der Waals surface area contributed by atoms with Gasteiger partial charge in [-0.1, -0.05) is 99.5 Å². The van der Waals surface area contributed by atoms with Crippen LogP contribution in [-0.4, -0.2) is 45.2 Å². The van der Waals surface area contributed by atoms with Crippen molar-refractivity contribution in [3.63, 3.8) is 0 Å². The average molecular weight is 777 g/mol. The van der Waals surface area contributed by atoms with E-state index in [1.807, 2.05) is 65.8 Å². The smallest absolute Gasteiger partial charge is 0.311 e. The number of rotatable bonds is 11. The van der Waals surface area contributed by atoms with E-state index in [0.717, 1.165) is 28.2 Å². The molecule has 2 heterocycles. The molecule has 4 aromatic carbocycles. The van der Waals surface area contributed by atoms with Crippen molar-refractivity contribution in [3.05, 3.63) is 131 Å². The van der Waals surface area contributed by atoms with Crippen molar-refractivity contribution in [1.82, 2.24) is 9.97 Å². The van der Waals surface area contributed by atoms with Gasteiger partial charge in [0.1, 0.15) is 25.3 Å². The van der Waals surface area contributed by atoms with E-state index in [1.165, 1.54) is 30.5 Å². The first-order valence-corrected chi connectivity index (χ1v) is 19.7. The van der Waals surface area contributed by atoms with Crippen molar-refractivity contribution >= 4 is 64.8 Å². The van der Waals surface area contributed by atoms with Crippen LogP contribution in [0.15, 0.2) is 119 Å². The fourth-order valence-electron chi connectivity index (χ4n) is 4.71. The molecular weight excluding hydrogens is 733 g/mol. The fourth-order valence-corrected chi connectivity index (χ4v) is 6.35. The maximum atomic E-state index is 12.2. The highest BCUT2D eigenvalue weighted by Crippen LogP contribution is 2.31. The maximum absolute atomic E-state index is 12.2. The number of pyridine rings is 2. The first kappa shape index (κ1) is 42.7. The molecule has 4 N–H and O–H groups in total. The third kappa shape index (κ3) is 11.2. The van der Waals surface area contributed by atoms with Crippen LogP contribution in [-0.2, 0) is 28.6 Å². The first-order valence-electron chi connectivity index (χ1n) is 16.9. The lowest BCUT2D eigenvalue weighted by atomic mass is 10.1. The summed E-state index contributed by atoms with van der Waals surface area (Å²) >= 11 is 0. The highest BCUT2D eigenvalue weighted by atomic mass is 32.2. The number of nitrogens with one attached hydrogen (secondary N) is 2. The molecule has 286 valence electrons. The predicted octanol–water partition coefficient (Wildman–Crippen LogP) is 8.18. The van der Waals surface area contributed by atoms with Gasteiger partial charge in [0.15, 0.2) is 0 Å². The average Bonchev–Trinajstić information content (AvgIpc) is 3.18. The number of aromatic nitrogens is 2. The molecule has 6 rings (SSSR count). The number of hydrogen-bond acceptors (Lipinski definition) is 13. The Bertz CT molecular complexity index is 2380. The quantitative estimate of drug-likeness (QED) is 0.0492. The summed E-state index contributed by atoms with van der Waals surface area (Å²) in [5.41, 5.74) is 10.0. The van der Waals surface area contributed by atoms with Gasteiger partial charge in [0.25, 0.3) is 20.2 Å². The van der Waals surface area contributed by atoms with Crippen molar-refractivity contribution < 1.29 is 30.1 Å². The van der Waals surface area contributed by atoms with E-state index in [9.17, 15) is 26.9 Å². The Morgan fingerprint density at radius 1 is 0.630 bits per heavy atom. The molecule has 0 fully saturated rings. The van der Waals surface area contributed by atoms with Gasteiger partial charge < -0.3 is 16.4 Å². The van der Waals surface area contributed by atoms with E-state index in [1.54, 1.807) is 48.5 Å². The molecule has 0 saturated heterocycles. The molecule has 0 aliphatic heterocycles. The molecule has 16 heteroatoms. The fraction of sp³-hybridized carbons (Fsp3) is 0.211. The van der Waals surface area contributed by atoms with Crippen LogP contribution in [0.2, 0.25) is 0 Å². The second kappa shape index (κ2) is 20.0. The monoisotopic (exact) mass is 776 g/mol. The Balaban J connectivity index is 0.000000267. The molecule has 0 unspecified atom stereocenters. The Labute approximate surface area is 315 Å². The minimum absolute atomic E-state index is 0.0130. The number of anilines is 3. The summed E-state index contributed by atoms with van der Waals surface area (Å²) in [5.74, 6) is 0. The lowest BCUT2D eigenvalue weighted by Gasteiger charge is -2.12. The SMILES string of the molecule is CC.CC.Cc1ccc(S(=O)(=O)OCNc2c(N)cnc3ccccc23)cc1.Cc1ccc(S(=O)(=O)OCNc2c([N+](=O)[O-])cnc3ccccc23)cc1. The second-order valence-electron chi connectivity index (χ2n) is 10.8. The Kier molecular flexibility index (Phi) is 15.8. The van der Waals surface area contributed by atoms with Crippen LogP contribution < -0.4 is 16.4 Å². The molecule has 0 aliphatic rings. The number of benzene rings is 4. The van der Waals surface area contributed by atoms with Gasteiger partial charge in [-0.3, -0.25) is 15.1 Å². The second-order valence-corrected chi connectivity index (χ2v) is 14.0. The van der Waals surface area contributed by atoms with Crippen LogP contribution in [0, 0.1) is 24.0 Å². The molecule has 0 saturated carbocycles. The zero-order chi connectivity index (χ0) is 39.9. The largest absolute Gasteiger partial charge is 0.396 e. The van der Waals surface area contributed by atoms with E-state index < -0.39 is 31.9 Å². The molecule has 0 bridgehead atoms. The molecule has 0 spiro atoms. The van der Waals surface area contributed by atoms with Gasteiger partial charge in [-0.25, -0.2) is 13.4 Å². The van der Waals surface area contributed by atoms with Gasteiger partial charge in [0, 0.05) is 10.8 Å². The van der Waals surface area contributed by atoms with Crippen LogP contribution in [0.25, 0.3) is 21.8 Å². The highest BCUT2D eigenvalue weighted by Gasteiger charge is 2.20. The number of nitrogen functional groups attached to an aromatic ring is 1. The summed E-state index contributed by atoms with van der Waals surface area (Å²) in [6, 6.07) is 26.9. The van der Waals surface area contributed by atoms with Crippen LogP contribution in [0.3, 0.4) is 0 Å². The topological polar surface area (TPSA) is 206 Å². The Morgan fingerprint density at radius 3 is 1.46 bits per heavy atom. The van der Waals surface area contributed by atoms with Crippen molar-refractivity contribution in [1.29, 1.82) is 0 Å². The van der Waals surface area contributed by atoms with E-state index in [2.05, 4.69) is 20.6 Å². The van der Waals surface area contributed by atoms with E-state index in [-0.39, 0.29) is 27.9 Å². The molecule has 14 nitrogen and oxygen atoms in total. The molecule has 0 aliphatic carbocycles. The van der Waals surface area contributed by atoms with E-state index in [0.29, 0.717) is 22.3 Å². The summed E-state index contributed by atoms with van der Waals surface area (Å²) in [4.78, 5) is 19.0. The lowest BCUT2D eigenvalue weighted by molar-refractivity contribution is -0.384. The third-order valence-electron chi connectivity index (χ3n) is 7.30.